The molecule has 0 atom stereocenters. The number of carbonyl (C=O) groups is 1. The number of pyridine rings is 1. The van der Waals surface area contributed by atoms with Crippen molar-refractivity contribution in [2.75, 3.05) is 6.54 Å². The van der Waals surface area contributed by atoms with E-state index in [0.29, 0.717) is 29.8 Å². The Balaban J connectivity index is 1.43. The lowest BCUT2D eigenvalue weighted by Gasteiger charge is -2.11. The van der Waals surface area contributed by atoms with Gasteiger partial charge in [-0.25, -0.2) is 0 Å². The molecule has 1 saturated heterocycles. The maximum atomic E-state index is 11.6. The van der Waals surface area contributed by atoms with Crippen molar-refractivity contribution in [2.45, 2.75) is 30.4 Å². The standard InChI is InChI=1S/C17H16N4O2S/c22-15-7-3-9-21(15)10-14-19-20-17(23-14)24-11-13-5-1-4-12-6-2-8-18-16(12)13/h1-2,4-6,8H,3,7,9-11H2. The summed E-state index contributed by atoms with van der Waals surface area (Å²) in [6.45, 7) is 1.17. The SMILES string of the molecule is O=C1CCCN1Cc1nnc(SCc2cccc3cccnc23)o1. The van der Waals surface area contributed by atoms with Gasteiger partial charge >= 0.3 is 0 Å². The molecule has 1 amide bonds. The van der Waals surface area contributed by atoms with Crippen molar-refractivity contribution >= 4 is 28.6 Å². The van der Waals surface area contributed by atoms with Crippen LogP contribution in [0, 0.1) is 0 Å². The third-order valence-electron chi connectivity index (χ3n) is 4.01. The first kappa shape index (κ1) is 15.1. The second kappa shape index (κ2) is 6.60. The van der Waals surface area contributed by atoms with E-state index >= 15 is 0 Å². The summed E-state index contributed by atoms with van der Waals surface area (Å²) in [4.78, 5) is 17.9. The molecule has 122 valence electrons. The second-order valence-electron chi connectivity index (χ2n) is 5.66. The van der Waals surface area contributed by atoms with Gasteiger partial charge in [-0.3, -0.25) is 9.78 Å². The van der Waals surface area contributed by atoms with Crippen molar-refractivity contribution in [2.24, 2.45) is 0 Å². The highest BCUT2D eigenvalue weighted by Crippen LogP contribution is 2.26. The topological polar surface area (TPSA) is 72.1 Å². The number of para-hydroxylation sites is 1. The Morgan fingerprint density at radius 3 is 3.00 bits per heavy atom. The zero-order valence-electron chi connectivity index (χ0n) is 13.0. The molecule has 3 heterocycles. The minimum Gasteiger partial charge on any atom is -0.414 e. The molecule has 0 radical (unpaired) electrons. The van der Waals surface area contributed by atoms with Crippen LogP contribution in [0.25, 0.3) is 10.9 Å². The van der Waals surface area contributed by atoms with Crippen molar-refractivity contribution < 1.29 is 9.21 Å². The maximum Gasteiger partial charge on any atom is 0.276 e. The van der Waals surface area contributed by atoms with Crippen LogP contribution >= 0.6 is 11.8 Å². The monoisotopic (exact) mass is 340 g/mol. The van der Waals surface area contributed by atoms with Gasteiger partial charge < -0.3 is 9.32 Å². The van der Waals surface area contributed by atoms with Gasteiger partial charge in [0.15, 0.2) is 0 Å². The fourth-order valence-electron chi connectivity index (χ4n) is 2.82. The fraction of sp³-hybridized carbons (Fsp3) is 0.294. The van der Waals surface area contributed by atoms with Gasteiger partial charge in [0, 0.05) is 30.3 Å². The average molecular weight is 340 g/mol. The molecule has 1 aliphatic rings. The minimum atomic E-state index is 0.157. The van der Waals surface area contributed by atoms with Crippen molar-refractivity contribution in [1.29, 1.82) is 0 Å². The highest BCUT2D eigenvalue weighted by Gasteiger charge is 2.22. The number of hydrogen-bond donors (Lipinski definition) is 0. The normalized spacial score (nSPS) is 14.7. The molecule has 1 fully saturated rings. The number of thioether (sulfide) groups is 1. The Hall–Kier alpha value is -2.41. The predicted molar refractivity (Wildman–Crippen MR) is 90.3 cm³/mol. The summed E-state index contributed by atoms with van der Waals surface area (Å²) in [5.74, 6) is 1.35. The first-order valence-corrected chi connectivity index (χ1v) is 8.84. The minimum absolute atomic E-state index is 0.157. The third kappa shape index (κ3) is 3.12. The van der Waals surface area contributed by atoms with Gasteiger partial charge in [0.1, 0.15) is 0 Å². The van der Waals surface area contributed by atoms with E-state index < -0.39 is 0 Å². The van der Waals surface area contributed by atoms with Crippen LogP contribution in [0.1, 0.15) is 24.3 Å². The van der Waals surface area contributed by atoms with Crippen molar-refractivity contribution in [3.8, 4) is 0 Å². The van der Waals surface area contributed by atoms with E-state index in [4.69, 9.17) is 4.42 Å². The number of hydrogen-bond acceptors (Lipinski definition) is 6. The molecule has 4 rings (SSSR count). The van der Waals surface area contributed by atoms with Crippen molar-refractivity contribution in [1.82, 2.24) is 20.1 Å². The van der Waals surface area contributed by atoms with Gasteiger partial charge in [-0.15, -0.1) is 10.2 Å². The first-order chi connectivity index (χ1) is 11.8. The van der Waals surface area contributed by atoms with Crippen LogP contribution in [0.5, 0.6) is 0 Å². The highest BCUT2D eigenvalue weighted by atomic mass is 32.2. The van der Waals surface area contributed by atoms with Gasteiger partial charge in [-0.2, -0.15) is 0 Å². The molecule has 24 heavy (non-hydrogen) atoms. The molecule has 3 aromatic rings. The zero-order chi connectivity index (χ0) is 16.4. The molecular weight excluding hydrogens is 324 g/mol. The number of likely N-dealkylation sites (tertiary alicyclic amines) is 1. The fourth-order valence-corrected chi connectivity index (χ4v) is 3.58. The largest absolute Gasteiger partial charge is 0.414 e. The lowest BCUT2D eigenvalue weighted by atomic mass is 10.1. The lowest BCUT2D eigenvalue weighted by molar-refractivity contribution is -0.128. The van der Waals surface area contributed by atoms with Crippen LogP contribution in [0.2, 0.25) is 0 Å². The number of nitrogens with zero attached hydrogens (tertiary/aromatic N) is 4. The van der Waals surface area contributed by atoms with E-state index in [1.807, 2.05) is 24.3 Å². The Morgan fingerprint density at radius 2 is 2.12 bits per heavy atom. The number of aromatic nitrogens is 3. The van der Waals surface area contributed by atoms with Gasteiger partial charge in [0.25, 0.3) is 5.22 Å². The number of fused-ring (bicyclic) bond motifs is 1. The summed E-state index contributed by atoms with van der Waals surface area (Å²) in [7, 11) is 0. The highest BCUT2D eigenvalue weighted by molar-refractivity contribution is 7.98. The lowest BCUT2D eigenvalue weighted by Crippen LogP contribution is -2.23. The molecule has 0 N–H and O–H groups in total. The molecule has 0 aliphatic carbocycles. The molecule has 0 unspecified atom stereocenters. The van der Waals surface area contributed by atoms with Crippen molar-refractivity contribution in [3.63, 3.8) is 0 Å². The Morgan fingerprint density at radius 1 is 1.21 bits per heavy atom. The predicted octanol–water partition coefficient (Wildman–Crippen LogP) is 3.03. The number of rotatable bonds is 5. The van der Waals surface area contributed by atoms with Gasteiger partial charge in [0.05, 0.1) is 12.1 Å². The van der Waals surface area contributed by atoms with E-state index in [9.17, 15) is 4.79 Å². The van der Waals surface area contributed by atoms with Crippen LogP contribution in [-0.4, -0.2) is 32.5 Å². The quantitative estimate of drug-likeness (QED) is 0.665. The molecular formula is C17H16N4O2S. The Labute approximate surface area is 143 Å². The van der Waals surface area contributed by atoms with Crippen LogP contribution in [-0.2, 0) is 17.1 Å². The molecule has 0 spiro atoms. The number of carbonyl (C=O) groups excluding carboxylic acids is 1. The number of benzene rings is 1. The third-order valence-corrected chi connectivity index (χ3v) is 4.88. The Kier molecular flexibility index (Phi) is 4.17. The van der Waals surface area contributed by atoms with Gasteiger partial charge in [-0.05, 0) is 18.1 Å². The van der Waals surface area contributed by atoms with E-state index in [1.54, 1.807) is 11.1 Å². The summed E-state index contributed by atoms with van der Waals surface area (Å²) in [5, 5.41) is 9.75. The Bertz CT molecular complexity index is 874. The molecule has 0 saturated carbocycles. The first-order valence-electron chi connectivity index (χ1n) is 7.85. The summed E-state index contributed by atoms with van der Waals surface area (Å²) < 4.78 is 5.65. The van der Waals surface area contributed by atoms with Crippen LogP contribution in [0.4, 0.5) is 0 Å². The molecule has 6 nitrogen and oxygen atoms in total. The molecule has 7 heteroatoms. The van der Waals surface area contributed by atoms with E-state index in [-0.39, 0.29) is 5.91 Å². The molecule has 1 aromatic carbocycles. The van der Waals surface area contributed by atoms with Crippen LogP contribution in [0.3, 0.4) is 0 Å². The van der Waals surface area contributed by atoms with Gasteiger partial charge in [-0.1, -0.05) is 36.0 Å². The molecule has 2 aromatic heterocycles. The van der Waals surface area contributed by atoms with E-state index in [2.05, 4.69) is 21.2 Å². The van der Waals surface area contributed by atoms with Crippen LogP contribution < -0.4 is 0 Å². The second-order valence-corrected chi connectivity index (χ2v) is 6.59. The zero-order valence-corrected chi connectivity index (χ0v) is 13.8. The maximum absolute atomic E-state index is 11.6. The summed E-state index contributed by atoms with van der Waals surface area (Å²) in [6.07, 6.45) is 3.32. The summed E-state index contributed by atoms with van der Waals surface area (Å²) in [6, 6.07) is 10.1. The number of amides is 1. The van der Waals surface area contributed by atoms with Crippen LogP contribution in [0.15, 0.2) is 46.2 Å². The summed E-state index contributed by atoms with van der Waals surface area (Å²) in [5.41, 5.74) is 2.13. The van der Waals surface area contributed by atoms with Crippen molar-refractivity contribution in [3.05, 3.63) is 48.0 Å². The smallest absolute Gasteiger partial charge is 0.276 e. The molecule has 0 bridgehead atoms. The molecule has 1 aliphatic heterocycles. The van der Waals surface area contributed by atoms with E-state index in [1.165, 1.54) is 11.8 Å². The van der Waals surface area contributed by atoms with Gasteiger partial charge in [0.2, 0.25) is 11.8 Å². The average Bonchev–Trinajstić information content (AvgIpc) is 3.23. The van der Waals surface area contributed by atoms with E-state index in [0.717, 1.165) is 29.4 Å². The summed E-state index contributed by atoms with van der Waals surface area (Å²) >= 11 is 1.48.